The minimum Gasteiger partial charge on any atom is -0.359 e. The predicted molar refractivity (Wildman–Crippen MR) is 112 cm³/mol. The van der Waals surface area contributed by atoms with Crippen molar-refractivity contribution in [3.8, 4) is 0 Å². The lowest BCUT2D eigenvalue weighted by Gasteiger charge is -2.29. The van der Waals surface area contributed by atoms with Crippen LogP contribution in [0.25, 0.3) is 0 Å². The average molecular weight is 366 g/mol. The maximum Gasteiger partial charge on any atom is 0.175 e. The highest BCUT2D eigenvalue weighted by atomic mass is 32.1. The summed E-state index contributed by atoms with van der Waals surface area (Å²) in [6.07, 6.45) is 3.19. The highest BCUT2D eigenvalue weighted by Crippen LogP contribution is 2.34. The zero-order valence-electron chi connectivity index (χ0n) is 15.0. The lowest BCUT2D eigenvalue weighted by molar-refractivity contribution is -0.117. The summed E-state index contributed by atoms with van der Waals surface area (Å²) in [5.74, 6) is 0.180. The van der Waals surface area contributed by atoms with Crippen LogP contribution in [0.3, 0.4) is 0 Å². The van der Waals surface area contributed by atoms with E-state index in [4.69, 9.17) is 12.2 Å². The van der Waals surface area contributed by atoms with Gasteiger partial charge in [-0.15, -0.1) is 0 Å². The van der Waals surface area contributed by atoms with E-state index in [1.807, 2.05) is 54.6 Å². The number of benzene rings is 2. The molecule has 3 rings (SSSR count). The number of hydrogen-bond donors (Lipinski definition) is 3. The molecule has 2 aromatic carbocycles. The Balaban J connectivity index is 1.58. The smallest absolute Gasteiger partial charge is 0.175 e. The molecule has 0 fully saturated rings. The molecule has 0 unspecified atom stereocenters. The number of nitrogens with one attached hydrogen (secondary N) is 3. The maximum atomic E-state index is 11.9. The molecule has 0 heterocycles. The number of ketones is 1. The van der Waals surface area contributed by atoms with Crippen molar-refractivity contribution in [2.24, 2.45) is 5.41 Å². The van der Waals surface area contributed by atoms with Gasteiger partial charge in [0.05, 0.1) is 0 Å². The molecule has 2 aromatic rings. The summed E-state index contributed by atoms with van der Waals surface area (Å²) >= 11 is 5.34. The van der Waals surface area contributed by atoms with Crippen molar-refractivity contribution in [1.29, 1.82) is 0 Å². The second-order valence-corrected chi connectivity index (χ2v) is 7.71. The monoisotopic (exact) mass is 365 g/mol. The van der Waals surface area contributed by atoms with Crippen molar-refractivity contribution in [2.75, 3.05) is 16.0 Å². The van der Waals surface area contributed by atoms with Crippen LogP contribution in [0.4, 0.5) is 17.1 Å². The van der Waals surface area contributed by atoms with E-state index in [0.717, 1.165) is 29.2 Å². The summed E-state index contributed by atoms with van der Waals surface area (Å²) in [6, 6.07) is 17.7. The van der Waals surface area contributed by atoms with Gasteiger partial charge in [0.15, 0.2) is 10.9 Å². The average Bonchev–Trinajstić information content (AvgIpc) is 2.55. The van der Waals surface area contributed by atoms with E-state index in [1.165, 1.54) is 0 Å². The molecule has 5 heteroatoms. The van der Waals surface area contributed by atoms with Gasteiger partial charge in [-0.3, -0.25) is 4.79 Å². The van der Waals surface area contributed by atoms with Crippen LogP contribution in [0.1, 0.15) is 26.7 Å². The number of allylic oxidation sites excluding steroid dienone is 2. The van der Waals surface area contributed by atoms with E-state index >= 15 is 0 Å². The van der Waals surface area contributed by atoms with Gasteiger partial charge in [-0.25, -0.2) is 0 Å². The van der Waals surface area contributed by atoms with Gasteiger partial charge in [-0.2, -0.15) is 0 Å². The second-order valence-electron chi connectivity index (χ2n) is 7.30. The lowest BCUT2D eigenvalue weighted by Crippen LogP contribution is -2.24. The molecule has 0 bridgehead atoms. The summed E-state index contributed by atoms with van der Waals surface area (Å²) in [6.45, 7) is 4.24. The highest BCUT2D eigenvalue weighted by Gasteiger charge is 2.27. The van der Waals surface area contributed by atoms with E-state index in [9.17, 15) is 4.79 Å². The number of carbonyl (C=O) groups is 1. The first-order valence-electron chi connectivity index (χ1n) is 8.63. The third-order valence-corrected chi connectivity index (χ3v) is 4.34. The summed E-state index contributed by atoms with van der Waals surface area (Å²) in [4.78, 5) is 11.9. The number of para-hydroxylation sites is 1. The van der Waals surface area contributed by atoms with Crippen LogP contribution >= 0.6 is 12.2 Å². The molecule has 1 aliphatic carbocycles. The highest BCUT2D eigenvalue weighted by molar-refractivity contribution is 7.80. The van der Waals surface area contributed by atoms with Crippen molar-refractivity contribution in [3.05, 3.63) is 66.4 Å². The van der Waals surface area contributed by atoms with Crippen LogP contribution in [-0.2, 0) is 4.79 Å². The van der Waals surface area contributed by atoms with E-state index < -0.39 is 0 Å². The van der Waals surface area contributed by atoms with E-state index in [-0.39, 0.29) is 11.2 Å². The molecule has 0 saturated carbocycles. The van der Waals surface area contributed by atoms with Crippen molar-refractivity contribution >= 4 is 40.2 Å². The molecule has 134 valence electrons. The molecule has 26 heavy (non-hydrogen) atoms. The molecule has 0 aromatic heterocycles. The topological polar surface area (TPSA) is 53.2 Å². The molecular formula is C21H23N3OS. The minimum atomic E-state index is 0.00492. The Morgan fingerprint density at radius 3 is 2.08 bits per heavy atom. The summed E-state index contributed by atoms with van der Waals surface area (Å²) in [5.41, 5.74) is 3.77. The molecular weight excluding hydrogens is 342 g/mol. The Bertz CT molecular complexity index is 826. The van der Waals surface area contributed by atoms with Crippen molar-refractivity contribution in [3.63, 3.8) is 0 Å². The Morgan fingerprint density at radius 2 is 1.46 bits per heavy atom. The van der Waals surface area contributed by atoms with Crippen LogP contribution < -0.4 is 16.0 Å². The summed E-state index contributed by atoms with van der Waals surface area (Å²) in [7, 11) is 0. The molecule has 0 saturated heterocycles. The molecule has 3 N–H and O–H groups in total. The first-order chi connectivity index (χ1) is 12.4. The van der Waals surface area contributed by atoms with Crippen LogP contribution in [0.2, 0.25) is 0 Å². The van der Waals surface area contributed by atoms with Crippen molar-refractivity contribution in [1.82, 2.24) is 0 Å². The zero-order chi connectivity index (χ0) is 18.6. The van der Waals surface area contributed by atoms with Crippen LogP contribution in [0.15, 0.2) is 66.4 Å². The van der Waals surface area contributed by atoms with E-state index in [1.54, 1.807) is 6.08 Å². The Hall–Kier alpha value is -2.66. The lowest BCUT2D eigenvalue weighted by atomic mass is 9.79. The van der Waals surface area contributed by atoms with Gasteiger partial charge in [-0.05, 0) is 60.5 Å². The van der Waals surface area contributed by atoms with E-state index in [0.29, 0.717) is 11.5 Å². The summed E-state index contributed by atoms with van der Waals surface area (Å²) in [5, 5.41) is 10.2. The second kappa shape index (κ2) is 7.70. The Kier molecular flexibility index (Phi) is 5.38. The molecule has 4 nitrogen and oxygen atoms in total. The minimum absolute atomic E-state index is 0.00492. The van der Waals surface area contributed by atoms with Gasteiger partial charge >= 0.3 is 0 Å². The number of rotatable bonds is 4. The molecule has 1 aliphatic rings. The van der Waals surface area contributed by atoms with Gasteiger partial charge in [0.1, 0.15) is 0 Å². The number of carbonyl (C=O) groups excluding carboxylic acids is 1. The maximum absolute atomic E-state index is 11.9. The Morgan fingerprint density at radius 1 is 0.885 bits per heavy atom. The third-order valence-electron chi connectivity index (χ3n) is 4.14. The first-order valence-corrected chi connectivity index (χ1v) is 9.04. The van der Waals surface area contributed by atoms with Gasteiger partial charge < -0.3 is 16.0 Å². The largest absolute Gasteiger partial charge is 0.359 e. The van der Waals surface area contributed by atoms with Gasteiger partial charge in [-0.1, -0.05) is 32.0 Å². The molecule has 0 aliphatic heterocycles. The van der Waals surface area contributed by atoms with Crippen LogP contribution in [0.5, 0.6) is 0 Å². The van der Waals surface area contributed by atoms with Crippen LogP contribution in [-0.4, -0.2) is 10.9 Å². The fourth-order valence-corrected chi connectivity index (χ4v) is 3.30. The van der Waals surface area contributed by atoms with Crippen molar-refractivity contribution < 1.29 is 4.79 Å². The SMILES string of the molecule is CC1(C)CC(=O)C=C(Nc2ccc(NC(=S)Nc3ccccc3)cc2)C1. The first kappa shape index (κ1) is 18.1. The van der Waals surface area contributed by atoms with Gasteiger partial charge in [0, 0.05) is 35.3 Å². The normalized spacial score (nSPS) is 15.8. The molecule has 0 radical (unpaired) electrons. The molecule has 0 atom stereocenters. The van der Waals surface area contributed by atoms with E-state index in [2.05, 4.69) is 29.8 Å². The third kappa shape index (κ3) is 5.17. The van der Waals surface area contributed by atoms with Crippen molar-refractivity contribution in [2.45, 2.75) is 26.7 Å². The molecule has 0 amide bonds. The fourth-order valence-electron chi connectivity index (χ4n) is 3.06. The Labute approximate surface area is 159 Å². The quantitative estimate of drug-likeness (QED) is 0.652. The zero-order valence-corrected chi connectivity index (χ0v) is 15.8. The van der Waals surface area contributed by atoms with Gasteiger partial charge in [0.25, 0.3) is 0 Å². The van der Waals surface area contributed by atoms with Crippen LogP contribution in [0, 0.1) is 5.41 Å². The number of thiocarbonyl (C=S) groups is 1. The fraction of sp³-hybridized carbons (Fsp3) is 0.238. The molecule has 0 spiro atoms. The summed E-state index contributed by atoms with van der Waals surface area (Å²) < 4.78 is 0. The number of anilines is 3. The standard InChI is InChI=1S/C21H23N3OS/c1-21(2)13-18(12-19(25)14-21)22-16-8-10-17(11-9-16)24-20(26)23-15-6-4-3-5-7-15/h3-12,22H,13-14H2,1-2H3,(H2,23,24,26). The van der Waals surface area contributed by atoms with Gasteiger partial charge in [0.2, 0.25) is 0 Å². The predicted octanol–water partition coefficient (Wildman–Crippen LogP) is 5.18. The number of hydrogen-bond acceptors (Lipinski definition) is 3.